The lowest BCUT2D eigenvalue weighted by Crippen LogP contribution is -1.93. The van der Waals surface area contributed by atoms with Crippen LogP contribution in [0.1, 0.15) is 70.4 Å². The van der Waals surface area contributed by atoms with Gasteiger partial charge >= 0.3 is 5.97 Å². The highest BCUT2D eigenvalue weighted by Gasteiger charge is 2.00. The average molecular weight is 281 g/mol. The van der Waals surface area contributed by atoms with Gasteiger partial charge in [0.1, 0.15) is 0 Å². The van der Waals surface area contributed by atoms with Gasteiger partial charge in [-0.2, -0.15) is 0 Å². The molecule has 1 heterocycles. The van der Waals surface area contributed by atoms with Gasteiger partial charge in [-0.05, 0) is 26.2 Å². The van der Waals surface area contributed by atoms with E-state index in [2.05, 4.69) is 17.2 Å². The van der Waals surface area contributed by atoms with Crippen molar-refractivity contribution in [2.45, 2.75) is 77.7 Å². The predicted octanol–water partition coefficient (Wildman–Crippen LogP) is 3.44. The Morgan fingerprint density at radius 1 is 1.10 bits per heavy atom. The zero-order valence-corrected chi connectivity index (χ0v) is 12.6. The number of carbonyl (C=O) groups is 1. The maximum absolute atomic E-state index is 10.3. The van der Waals surface area contributed by atoms with Gasteiger partial charge in [-0.25, -0.2) is 0 Å². The van der Waals surface area contributed by atoms with Crippen LogP contribution < -0.4 is 0 Å². The molecule has 0 spiro atoms. The van der Waals surface area contributed by atoms with Crippen LogP contribution in [-0.2, 0) is 17.8 Å². The molecule has 0 atom stereocenters. The fraction of sp³-hybridized carbons (Fsp3) is 0.800. The molecule has 0 radical (unpaired) electrons. The summed E-state index contributed by atoms with van der Waals surface area (Å²) in [5, 5.41) is 16.7. The van der Waals surface area contributed by atoms with Gasteiger partial charge < -0.3 is 5.11 Å². The van der Waals surface area contributed by atoms with Crippen molar-refractivity contribution in [3.05, 3.63) is 11.9 Å². The quantitative estimate of drug-likeness (QED) is 0.596. The van der Waals surface area contributed by atoms with E-state index in [9.17, 15) is 4.79 Å². The van der Waals surface area contributed by atoms with E-state index in [4.69, 9.17) is 5.11 Å². The molecule has 114 valence electrons. The largest absolute Gasteiger partial charge is 0.481 e. The first kappa shape index (κ1) is 16.7. The van der Waals surface area contributed by atoms with Crippen molar-refractivity contribution in [1.29, 1.82) is 0 Å². The van der Waals surface area contributed by atoms with E-state index >= 15 is 0 Å². The second-order valence-electron chi connectivity index (χ2n) is 5.29. The Balaban J connectivity index is 1.86. The zero-order chi connectivity index (χ0) is 14.6. The van der Waals surface area contributed by atoms with E-state index in [-0.39, 0.29) is 0 Å². The average Bonchev–Trinajstić information content (AvgIpc) is 2.88. The molecular weight excluding hydrogens is 254 g/mol. The summed E-state index contributed by atoms with van der Waals surface area (Å²) in [5.41, 5.74) is 1.10. The summed E-state index contributed by atoms with van der Waals surface area (Å²) < 4.78 is 1.87. The third-order valence-corrected chi connectivity index (χ3v) is 3.48. The highest BCUT2D eigenvalue weighted by atomic mass is 16.4. The maximum Gasteiger partial charge on any atom is 0.303 e. The number of aromatic nitrogens is 3. The van der Waals surface area contributed by atoms with Crippen molar-refractivity contribution >= 4 is 5.97 Å². The van der Waals surface area contributed by atoms with Crippen molar-refractivity contribution in [3.63, 3.8) is 0 Å². The summed E-state index contributed by atoms with van der Waals surface area (Å²) >= 11 is 0. The Bertz CT molecular complexity index is 377. The molecular formula is C15H27N3O2. The fourth-order valence-corrected chi connectivity index (χ4v) is 2.25. The van der Waals surface area contributed by atoms with Gasteiger partial charge in [0, 0.05) is 19.2 Å². The van der Waals surface area contributed by atoms with E-state index in [0.717, 1.165) is 37.9 Å². The third-order valence-electron chi connectivity index (χ3n) is 3.48. The first-order valence-corrected chi connectivity index (χ1v) is 7.83. The number of rotatable bonds is 12. The minimum absolute atomic E-state index is 0.318. The summed E-state index contributed by atoms with van der Waals surface area (Å²) in [7, 11) is 0. The minimum Gasteiger partial charge on any atom is -0.481 e. The second-order valence-corrected chi connectivity index (χ2v) is 5.29. The summed E-state index contributed by atoms with van der Waals surface area (Å²) in [6, 6.07) is 0. The van der Waals surface area contributed by atoms with Gasteiger partial charge in [0.15, 0.2) is 0 Å². The molecule has 0 bridgehead atoms. The van der Waals surface area contributed by atoms with Crippen LogP contribution >= 0.6 is 0 Å². The molecule has 0 aliphatic carbocycles. The van der Waals surface area contributed by atoms with Gasteiger partial charge in [-0.1, -0.05) is 43.7 Å². The van der Waals surface area contributed by atoms with Crippen molar-refractivity contribution in [2.75, 3.05) is 0 Å². The Hall–Kier alpha value is -1.39. The summed E-state index contributed by atoms with van der Waals surface area (Å²) in [4.78, 5) is 10.3. The van der Waals surface area contributed by atoms with Crippen LogP contribution in [0, 0.1) is 0 Å². The number of unbranched alkanes of at least 4 members (excludes halogenated alkanes) is 7. The second kappa shape index (κ2) is 10.4. The molecule has 5 heteroatoms. The minimum atomic E-state index is -0.676. The van der Waals surface area contributed by atoms with Crippen molar-refractivity contribution in [3.8, 4) is 0 Å². The lowest BCUT2D eigenvalue weighted by Gasteiger charge is -2.01. The smallest absolute Gasteiger partial charge is 0.303 e. The van der Waals surface area contributed by atoms with E-state index in [0.29, 0.717) is 6.42 Å². The van der Waals surface area contributed by atoms with Crippen molar-refractivity contribution in [1.82, 2.24) is 15.0 Å². The molecule has 0 saturated carbocycles. The van der Waals surface area contributed by atoms with E-state index in [1.54, 1.807) is 0 Å². The number of aryl methyl sites for hydroxylation is 2. The first-order valence-electron chi connectivity index (χ1n) is 7.83. The molecule has 0 fully saturated rings. The molecule has 5 nitrogen and oxygen atoms in total. The van der Waals surface area contributed by atoms with Gasteiger partial charge in [0.05, 0.1) is 5.69 Å². The van der Waals surface area contributed by atoms with Crippen molar-refractivity contribution < 1.29 is 9.90 Å². The number of aliphatic carboxylic acids is 1. The molecule has 0 aromatic carbocycles. The van der Waals surface area contributed by atoms with Gasteiger partial charge in [0.2, 0.25) is 0 Å². The molecule has 1 rings (SSSR count). The van der Waals surface area contributed by atoms with Crippen molar-refractivity contribution in [2.24, 2.45) is 0 Å². The molecule has 0 aliphatic rings. The zero-order valence-electron chi connectivity index (χ0n) is 12.6. The standard InChI is InChI=1S/C15H27N3O2/c1-2-18-13-14(16-17-18)11-9-7-5-3-4-6-8-10-12-15(19)20/h13H,2-12H2,1H3,(H,19,20). The third kappa shape index (κ3) is 7.92. The Kier molecular flexibility index (Phi) is 8.67. The Morgan fingerprint density at radius 2 is 1.70 bits per heavy atom. The first-order chi connectivity index (χ1) is 9.72. The molecule has 0 aliphatic heterocycles. The van der Waals surface area contributed by atoms with Crippen LogP contribution in [0.2, 0.25) is 0 Å². The summed E-state index contributed by atoms with van der Waals surface area (Å²) in [5.74, 6) is -0.676. The Morgan fingerprint density at radius 3 is 2.25 bits per heavy atom. The molecule has 0 saturated heterocycles. The number of carboxylic acids is 1. The highest BCUT2D eigenvalue weighted by Crippen LogP contribution is 2.11. The van der Waals surface area contributed by atoms with Gasteiger partial charge in [-0.15, -0.1) is 5.10 Å². The number of carboxylic acid groups (broad SMARTS) is 1. The molecule has 20 heavy (non-hydrogen) atoms. The number of nitrogens with zero attached hydrogens (tertiary/aromatic N) is 3. The lowest BCUT2D eigenvalue weighted by molar-refractivity contribution is -0.137. The molecule has 1 N–H and O–H groups in total. The predicted molar refractivity (Wildman–Crippen MR) is 78.6 cm³/mol. The van der Waals surface area contributed by atoms with Crippen LogP contribution in [0.4, 0.5) is 0 Å². The summed E-state index contributed by atoms with van der Waals surface area (Å²) in [6.07, 6.45) is 12.6. The number of hydrogen-bond acceptors (Lipinski definition) is 3. The van der Waals surface area contributed by atoms with Crippen LogP contribution in [-0.4, -0.2) is 26.1 Å². The normalized spacial score (nSPS) is 10.8. The van der Waals surface area contributed by atoms with E-state index in [1.807, 2.05) is 10.9 Å². The van der Waals surface area contributed by atoms with E-state index < -0.39 is 5.97 Å². The van der Waals surface area contributed by atoms with Crippen LogP contribution in [0.3, 0.4) is 0 Å². The van der Waals surface area contributed by atoms with Gasteiger partial charge in [-0.3, -0.25) is 9.48 Å². The SMILES string of the molecule is CCn1cc(CCCCCCCCCCC(=O)O)nn1. The molecule has 1 aromatic heterocycles. The highest BCUT2D eigenvalue weighted by molar-refractivity contribution is 5.66. The number of hydrogen-bond donors (Lipinski definition) is 1. The van der Waals surface area contributed by atoms with Gasteiger partial charge in [0.25, 0.3) is 0 Å². The molecule has 0 unspecified atom stereocenters. The van der Waals surface area contributed by atoms with Crippen LogP contribution in [0.5, 0.6) is 0 Å². The Labute approximate surface area is 121 Å². The fourth-order valence-electron chi connectivity index (χ4n) is 2.25. The monoisotopic (exact) mass is 281 g/mol. The molecule has 0 amide bonds. The van der Waals surface area contributed by atoms with E-state index in [1.165, 1.54) is 32.1 Å². The maximum atomic E-state index is 10.3. The lowest BCUT2D eigenvalue weighted by atomic mass is 10.1. The topological polar surface area (TPSA) is 68.0 Å². The van der Waals surface area contributed by atoms with Crippen LogP contribution in [0.15, 0.2) is 6.20 Å². The molecule has 1 aromatic rings. The van der Waals surface area contributed by atoms with Crippen LogP contribution in [0.25, 0.3) is 0 Å². The summed E-state index contributed by atoms with van der Waals surface area (Å²) in [6.45, 7) is 2.95.